The summed E-state index contributed by atoms with van der Waals surface area (Å²) in [6, 6.07) is 9.24. The molecular formula is C24H25FN6O2. The van der Waals surface area contributed by atoms with Crippen molar-refractivity contribution in [3.05, 3.63) is 82.8 Å². The summed E-state index contributed by atoms with van der Waals surface area (Å²) in [6.45, 7) is 3.20. The fraction of sp³-hybridized carbons (Fsp3) is 0.292. The van der Waals surface area contributed by atoms with E-state index in [1.54, 1.807) is 36.1 Å². The molecule has 0 saturated carbocycles. The molecular weight excluding hydrogens is 423 g/mol. The van der Waals surface area contributed by atoms with Crippen LogP contribution in [0.25, 0.3) is 0 Å². The maximum absolute atomic E-state index is 13.0. The summed E-state index contributed by atoms with van der Waals surface area (Å²) < 4.78 is 13.0. The molecule has 0 radical (unpaired) electrons. The lowest BCUT2D eigenvalue weighted by atomic mass is 9.96. The lowest BCUT2D eigenvalue weighted by Crippen LogP contribution is -2.39. The van der Waals surface area contributed by atoms with Crippen LogP contribution in [0.15, 0.2) is 48.8 Å². The van der Waals surface area contributed by atoms with Gasteiger partial charge in [0.25, 0.3) is 11.8 Å². The molecule has 1 aromatic carbocycles. The highest BCUT2D eigenvalue weighted by atomic mass is 19.1. The van der Waals surface area contributed by atoms with E-state index < -0.39 is 0 Å². The second kappa shape index (κ2) is 9.72. The number of anilines is 1. The molecule has 1 atom stereocenters. The number of nitrogens with zero attached hydrogens (tertiary/aromatic N) is 4. The number of benzene rings is 1. The maximum atomic E-state index is 13.0. The fourth-order valence-corrected chi connectivity index (χ4v) is 3.87. The van der Waals surface area contributed by atoms with Gasteiger partial charge in [-0.2, -0.15) is 0 Å². The van der Waals surface area contributed by atoms with Crippen molar-refractivity contribution in [3.63, 3.8) is 0 Å². The number of amides is 2. The van der Waals surface area contributed by atoms with E-state index in [-0.39, 0.29) is 30.1 Å². The maximum Gasteiger partial charge on any atom is 0.255 e. The van der Waals surface area contributed by atoms with Gasteiger partial charge in [-0.05, 0) is 49.6 Å². The van der Waals surface area contributed by atoms with E-state index in [0.717, 1.165) is 18.4 Å². The van der Waals surface area contributed by atoms with E-state index in [1.807, 2.05) is 0 Å². The molecule has 3 heterocycles. The lowest BCUT2D eigenvalue weighted by molar-refractivity contribution is 0.0704. The van der Waals surface area contributed by atoms with Crippen LogP contribution in [0, 0.1) is 12.7 Å². The minimum Gasteiger partial charge on any atom is -0.384 e. The van der Waals surface area contributed by atoms with Crippen LogP contribution >= 0.6 is 0 Å². The first-order chi connectivity index (χ1) is 15.9. The molecule has 1 fully saturated rings. The summed E-state index contributed by atoms with van der Waals surface area (Å²) in [7, 11) is 0. The van der Waals surface area contributed by atoms with Gasteiger partial charge in [0.1, 0.15) is 17.5 Å². The minimum absolute atomic E-state index is 0.0144. The first-order valence-corrected chi connectivity index (χ1v) is 10.8. The molecule has 3 aromatic rings. The number of hydrogen-bond donors (Lipinski definition) is 2. The Morgan fingerprint density at radius 1 is 1.15 bits per heavy atom. The highest BCUT2D eigenvalue weighted by molar-refractivity contribution is 5.95. The minimum atomic E-state index is -0.321. The quantitative estimate of drug-likeness (QED) is 0.620. The fourth-order valence-electron chi connectivity index (χ4n) is 3.87. The number of rotatable bonds is 5. The summed E-state index contributed by atoms with van der Waals surface area (Å²) in [5, 5.41) is 2.81. The molecule has 4 rings (SSSR count). The number of carbonyl (C=O) groups is 2. The molecule has 2 aromatic heterocycles. The van der Waals surface area contributed by atoms with Crippen molar-refractivity contribution in [2.45, 2.75) is 32.2 Å². The zero-order valence-corrected chi connectivity index (χ0v) is 18.3. The Morgan fingerprint density at radius 2 is 1.94 bits per heavy atom. The number of nitrogen functional groups attached to an aromatic ring is 1. The molecule has 170 valence electrons. The highest BCUT2D eigenvalue weighted by Crippen LogP contribution is 2.26. The molecule has 9 heteroatoms. The van der Waals surface area contributed by atoms with Gasteiger partial charge in [0.2, 0.25) is 0 Å². The molecule has 0 aliphatic carbocycles. The third-order valence-electron chi connectivity index (χ3n) is 5.72. The standard InChI is InChI=1S/C24H25FN6O2/c1-15-20(23(32)29-11-16-4-7-19(25)8-5-16)13-28-22(30-15)18-3-2-10-31(14-18)24(33)17-6-9-21(26)27-12-17/h4-9,12-13,18H,2-3,10-11,14H2,1H3,(H2,26,27)(H,29,32). The lowest BCUT2D eigenvalue weighted by Gasteiger charge is -2.32. The summed E-state index contributed by atoms with van der Waals surface area (Å²) in [4.78, 5) is 40.2. The van der Waals surface area contributed by atoms with Crippen LogP contribution < -0.4 is 11.1 Å². The van der Waals surface area contributed by atoms with Crippen LogP contribution in [0.2, 0.25) is 0 Å². The largest absolute Gasteiger partial charge is 0.384 e. The number of aromatic nitrogens is 3. The molecule has 1 aliphatic heterocycles. The van der Waals surface area contributed by atoms with Crippen molar-refractivity contribution in [3.8, 4) is 0 Å². The van der Waals surface area contributed by atoms with Crippen LogP contribution in [0.5, 0.6) is 0 Å². The van der Waals surface area contributed by atoms with E-state index in [1.165, 1.54) is 24.5 Å². The monoisotopic (exact) mass is 448 g/mol. The average molecular weight is 449 g/mol. The zero-order valence-electron chi connectivity index (χ0n) is 18.3. The Hall–Kier alpha value is -3.88. The third-order valence-corrected chi connectivity index (χ3v) is 5.72. The molecule has 0 spiro atoms. The predicted molar refractivity (Wildman–Crippen MR) is 121 cm³/mol. The number of likely N-dealkylation sites (tertiary alicyclic amines) is 1. The first-order valence-electron chi connectivity index (χ1n) is 10.8. The number of pyridine rings is 1. The first kappa shape index (κ1) is 22.3. The number of nitrogens with one attached hydrogen (secondary N) is 1. The van der Waals surface area contributed by atoms with Crippen LogP contribution in [-0.2, 0) is 6.54 Å². The van der Waals surface area contributed by atoms with E-state index in [0.29, 0.717) is 41.6 Å². The summed E-state index contributed by atoms with van der Waals surface area (Å²) >= 11 is 0. The normalized spacial score (nSPS) is 15.8. The number of piperidine rings is 1. The molecule has 1 saturated heterocycles. The van der Waals surface area contributed by atoms with Crippen molar-refractivity contribution in [1.82, 2.24) is 25.2 Å². The van der Waals surface area contributed by atoms with E-state index in [4.69, 9.17) is 5.73 Å². The Kier molecular flexibility index (Phi) is 6.58. The van der Waals surface area contributed by atoms with Gasteiger partial charge < -0.3 is 16.0 Å². The van der Waals surface area contributed by atoms with E-state index in [9.17, 15) is 14.0 Å². The molecule has 1 unspecified atom stereocenters. The molecule has 33 heavy (non-hydrogen) atoms. The molecule has 0 bridgehead atoms. The van der Waals surface area contributed by atoms with Crippen LogP contribution in [-0.4, -0.2) is 44.8 Å². The summed E-state index contributed by atoms with van der Waals surface area (Å²) in [5.74, 6) is 0.266. The molecule has 2 amide bonds. The molecule has 1 aliphatic rings. The molecule has 8 nitrogen and oxygen atoms in total. The Labute approximate surface area is 191 Å². The second-order valence-corrected chi connectivity index (χ2v) is 8.10. The second-order valence-electron chi connectivity index (χ2n) is 8.10. The van der Waals surface area contributed by atoms with Crippen LogP contribution in [0.4, 0.5) is 10.2 Å². The summed E-state index contributed by atoms with van der Waals surface area (Å²) in [6.07, 6.45) is 4.71. The topological polar surface area (TPSA) is 114 Å². The van der Waals surface area contributed by atoms with Gasteiger partial charge in [-0.25, -0.2) is 19.3 Å². The number of halogens is 1. The van der Waals surface area contributed by atoms with Crippen LogP contribution in [0.1, 0.15) is 56.6 Å². The van der Waals surface area contributed by atoms with Gasteiger partial charge >= 0.3 is 0 Å². The van der Waals surface area contributed by atoms with Gasteiger partial charge in [-0.15, -0.1) is 0 Å². The smallest absolute Gasteiger partial charge is 0.255 e. The van der Waals surface area contributed by atoms with Gasteiger partial charge in [0, 0.05) is 37.9 Å². The van der Waals surface area contributed by atoms with Crippen molar-refractivity contribution in [1.29, 1.82) is 0 Å². The third kappa shape index (κ3) is 5.31. The van der Waals surface area contributed by atoms with Crippen molar-refractivity contribution in [2.24, 2.45) is 0 Å². The van der Waals surface area contributed by atoms with Crippen molar-refractivity contribution in [2.75, 3.05) is 18.8 Å². The summed E-state index contributed by atoms with van der Waals surface area (Å²) in [5.41, 5.74) is 7.86. The van der Waals surface area contributed by atoms with Crippen molar-refractivity contribution < 1.29 is 14.0 Å². The Balaban J connectivity index is 1.41. The zero-order chi connectivity index (χ0) is 23.4. The highest BCUT2D eigenvalue weighted by Gasteiger charge is 2.28. The van der Waals surface area contributed by atoms with Crippen molar-refractivity contribution >= 4 is 17.6 Å². The average Bonchev–Trinajstić information content (AvgIpc) is 2.83. The number of hydrogen-bond acceptors (Lipinski definition) is 6. The van der Waals surface area contributed by atoms with Gasteiger partial charge in [0.15, 0.2) is 0 Å². The van der Waals surface area contributed by atoms with Gasteiger partial charge in [-0.1, -0.05) is 12.1 Å². The number of carbonyl (C=O) groups excluding carboxylic acids is 2. The number of aryl methyl sites for hydroxylation is 1. The van der Waals surface area contributed by atoms with E-state index in [2.05, 4.69) is 20.3 Å². The van der Waals surface area contributed by atoms with E-state index >= 15 is 0 Å². The number of nitrogens with two attached hydrogens (primary N) is 1. The van der Waals surface area contributed by atoms with Crippen LogP contribution in [0.3, 0.4) is 0 Å². The van der Waals surface area contributed by atoms with Gasteiger partial charge in [0.05, 0.1) is 16.8 Å². The Morgan fingerprint density at radius 3 is 2.64 bits per heavy atom. The Bertz CT molecular complexity index is 1150. The SMILES string of the molecule is Cc1nc(C2CCCN(C(=O)c3ccc(N)nc3)C2)ncc1C(=O)NCc1ccc(F)cc1. The molecule has 3 N–H and O–H groups in total. The van der Waals surface area contributed by atoms with Gasteiger partial charge in [-0.3, -0.25) is 9.59 Å². The predicted octanol–water partition coefficient (Wildman–Crippen LogP) is 2.85.